The zero-order valence-electron chi connectivity index (χ0n) is 29.8. The molecule has 53 heavy (non-hydrogen) atoms. The molecule has 6 rings (SSSR count). The second-order valence-electron chi connectivity index (χ2n) is 13.1. The standard InChI is InChI=1S/C34H43N6O12P/c1-18(30(42)47-5)20-6-7-22-15-24(9-8-21(22)14-20)52-53(45,39-19(2)31(43)50-23-10-12-48-13-11-23)49-16-25-27(41)34(3,44)32(51-25)40-17-36-26-28(40)37-33(35)38-29(26)46-4/h6-9,14-15,17-19,23,25,27,32,41,44H,10-13,16H2,1-5H3,(H,39,45)(H2,35,37,38)/t18-,19-,25+,27+,32?,34+,53?/m0/s1. The van der Waals surface area contributed by atoms with Gasteiger partial charge in [-0.25, -0.2) is 9.55 Å². The first-order valence-electron chi connectivity index (χ1n) is 16.9. The van der Waals surface area contributed by atoms with E-state index in [1.807, 2.05) is 6.07 Å². The third-order valence-electron chi connectivity index (χ3n) is 9.29. The van der Waals surface area contributed by atoms with Gasteiger partial charge in [0.25, 0.3) is 0 Å². The average molecular weight is 759 g/mol. The van der Waals surface area contributed by atoms with Crippen molar-refractivity contribution in [1.29, 1.82) is 0 Å². The number of carbonyl (C=O) groups is 2. The lowest BCUT2D eigenvalue weighted by Crippen LogP contribution is -2.44. The van der Waals surface area contributed by atoms with Crippen molar-refractivity contribution in [3.63, 3.8) is 0 Å². The smallest absolute Gasteiger partial charge is 0.459 e. The van der Waals surface area contributed by atoms with E-state index in [9.17, 15) is 24.4 Å². The molecule has 0 bridgehead atoms. The van der Waals surface area contributed by atoms with Crippen LogP contribution in [0, 0.1) is 0 Å². The zero-order valence-corrected chi connectivity index (χ0v) is 30.7. The Balaban J connectivity index is 1.24. The molecule has 2 aliphatic rings. The van der Waals surface area contributed by atoms with Crippen LogP contribution in [0.5, 0.6) is 11.6 Å². The monoisotopic (exact) mass is 758 g/mol. The number of fused-ring (bicyclic) bond motifs is 2. The van der Waals surface area contributed by atoms with Crippen LogP contribution in [0.25, 0.3) is 21.9 Å². The first-order valence-corrected chi connectivity index (χ1v) is 18.5. The van der Waals surface area contributed by atoms with Gasteiger partial charge >= 0.3 is 19.7 Å². The van der Waals surface area contributed by atoms with Gasteiger partial charge in [-0.15, -0.1) is 0 Å². The third-order valence-corrected chi connectivity index (χ3v) is 10.9. The lowest BCUT2D eigenvalue weighted by molar-refractivity contribution is -0.154. The number of nitrogens with one attached hydrogen (secondary N) is 1. The lowest BCUT2D eigenvalue weighted by Gasteiger charge is -2.28. The molecule has 286 valence electrons. The molecule has 0 aliphatic carbocycles. The molecule has 4 heterocycles. The SMILES string of the molecule is COC(=O)[C@@H](C)c1ccc2cc(OP(=O)(N[C@@H](C)C(=O)OC3CCOCC3)OC[C@H]3OC(n4cnc5c(OC)nc(N)nc54)[C@](C)(O)[C@@H]3O)ccc2c1. The Labute approximate surface area is 304 Å². The van der Waals surface area contributed by atoms with Crippen molar-refractivity contribution >= 4 is 47.6 Å². The number of carbonyl (C=O) groups excluding carboxylic acids is 2. The zero-order chi connectivity index (χ0) is 38.1. The van der Waals surface area contributed by atoms with Crippen LogP contribution in [0.4, 0.5) is 5.95 Å². The molecule has 0 radical (unpaired) electrons. The van der Waals surface area contributed by atoms with Gasteiger partial charge in [0.1, 0.15) is 35.7 Å². The van der Waals surface area contributed by atoms with Crippen molar-refractivity contribution in [3.05, 3.63) is 48.3 Å². The summed E-state index contributed by atoms with van der Waals surface area (Å²) < 4.78 is 54.9. The minimum absolute atomic E-state index is 0.0998. The second kappa shape index (κ2) is 15.5. The van der Waals surface area contributed by atoms with Crippen LogP contribution in [-0.4, -0.2) is 106 Å². The van der Waals surface area contributed by atoms with Crippen molar-refractivity contribution in [2.24, 2.45) is 0 Å². The van der Waals surface area contributed by atoms with E-state index in [1.54, 1.807) is 37.3 Å². The highest BCUT2D eigenvalue weighted by atomic mass is 31.2. The highest BCUT2D eigenvalue weighted by Crippen LogP contribution is 2.48. The Kier molecular flexibility index (Phi) is 11.2. The lowest BCUT2D eigenvalue weighted by atomic mass is 9.96. The Morgan fingerprint density at radius 2 is 1.83 bits per heavy atom. The molecule has 2 unspecified atom stereocenters. The van der Waals surface area contributed by atoms with Crippen molar-refractivity contribution in [2.45, 2.75) is 75.7 Å². The minimum Gasteiger partial charge on any atom is -0.479 e. The summed E-state index contributed by atoms with van der Waals surface area (Å²) in [5.74, 6) is -1.44. The summed E-state index contributed by atoms with van der Waals surface area (Å²) in [6, 6.07) is 9.14. The molecule has 5 N–H and O–H groups in total. The van der Waals surface area contributed by atoms with Gasteiger partial charge in [-0.2, -0.15) is 15.1 Å². The maximum atomic E-state index is 14.5. The predicted octanol–water partition coefficient (Wildman–Crippen LogP) is 2.76. The summed E-state index contributed by atoms with van der Waals surface area (Å²) in [6.45, 7) is 4.89. The Bertz CT molecular complexity index is 2020. The van der Waals surface area contributed by atoms with Crippen LogP contribution >= 0.6 is 7.75 Å². The number of esters is 2. The number of ether oxygens (including phenoxy) is 5. The number of anilines is 1. The maximum Gasteiger partial charge on any atom is 0.459 e. The summed E-state index contributed by atoms with van der Waals surface area (Å²) >= 11 is 0. The number of nitrogens with zero attached hydrogens (tertiary/aromatic N) is 4. The number of nitrogen functional groups attached to an aromatic ring is 1. The Hall–Kier alpha value is -4.42. The van der Waals surface area contributed by atoms with Crippen molar-refractivity contribution in [2.75, 3.05) is 39.8 Å². The number of hydrogen-bond donors (Lipinski definition) is 4. The fraction of sp³-hybridized carbons (Fsp3) is 0.500. The van der Waals surface area contributed by atoms with E-state index in [0.717, 1.165) is 10.9 Å². The number of nitrogens with two attached hydrogens (primary N) is 1. The molecule has 2 fully saturated rings. The van der Waals surface area contributed by atoms with E-state index < -0.39 is 56.3 Å². The molecule has 0 amide bonds. The van der Waals surface area contributed by atoms with E-state index in [-0.39, 0.29) is 40.8 Å². The topological polar surface area (TPSA) is 238 Å². The van der Waals surface area contributed by atoms with Crippen LogP contribution in [0.1, 0.15) is 51.3 Å². The Morgan fingerprint density at radius 3 is 2.55 bits per heavy atom. The van der Waals surface area contributed by atoms with Gasteiger partial charge in [0.2, 0.25) is 11.8 Å². The van der Waals surface area contributed by atoms with Crippen molar-refractivity contribution in [3.8, 4) is 11.6 Å². The van der Waals surface area contributed by atoms with E-state index in [2.05, 4.69) is 20.0 Å². The molecule has 2 aromatic heterocycles. The van der Waals surface area contributed by atoms with Crippen molar-refractivity contribution in [1.82, 2.24) is 24.6 Å². The number of aliphatic hydroxyl groups is 2. The second-order valence-corrected chi connectivity index (χ2v) is 14.8. The van der Waals surface area contributed by atoms with E-state index >= 15 is 0 Å². The molecule has 7 atom stereocenters. The number of aliphatic hydroxyl groups excluding tert-OH is 1. The van der Waals surface area contributed by atoms with E-state index in [1.165, 1.54) is 39.0 Å². The molecule has 19 heteroatoms. The average Bonchev–Trinajstić information content (AvgIpc) is 3.66. The van der Waals surface area contributed by atoms with Crippen molar-refractivity contribution < 1.29 is 57.1 Å². The normalized spacial score (nSPS) is 24.4. The number of imidazole rings is 1. The van der Waals surface area contributed by atoms with Crippen LogP contribution in [-0.2, 0) is 37.6 Å². The summed E-state index contributed by atoms with van der Waals surface area (Å²) in [4.78, 5) is 37.7. The van der Waals surface area contributed by atoms with Gasteiger partial charge < -0.3 is 44.2 Å². The first-order chi connectivity index (χ1) is 25.2. The molecule has 2 aliphatic heterocycles. The highest BCUT2D eigenvalue weighted by Gasteiger charge is 2.54. The van der Waals surface area contributed by atoms with Gasteiger partial charge in [-0.1, -0.05) is 24.3 Å². The number of methoxy groups -OCH3 is 2. The maximum absolute atomic E-state index is 14.5. The highest BCUT2D eigenvalue weighted by molar-refractivity contribution is 7.52. The van der Waals surface area contributed by atoms with E-state index in [0.29, 0.717) is 31.4 Å². The molecule has 0 spiro atoms. The van der Waals surface area contributed by atoms with Gasteiger partial charge in [0.05, 0.1) is 46.3 Å². The number of benzene rings is 2. The predicted molar refractivity (Wildman–Crippen MR) is 188 cm³/mol. The molecule has 2 aromatic carbocycles. The first kappa shape index (κ1) is 38.3. The molecular formula is C34H43N6O12P. The largest absolute Gasteiger partial charge is 0.479 e. The molecule has 18 nitrogen and oxygen atoms in total. The van der Waals surface area contributed by atoms with Crippen LogP contribution in [0.2, 0.25) is 0 Å². The molecule has 4 aromatic rings. The number of rotatable bonds is 13. The van der Waals surface area contributed by atoms with Gasteiger partial charge in [-0.3, -0.25) is 18.7 Å². The molecular weight excluding hydrogens is 715 g/mol. The Morgan fingerprint density at radius 1 is 1.11 bits per heavy atom. The summed E-state index contributed by atoms with van der Waals surface area (Å²) in [7, 11) is -1.75. The fourth-order valence-corrected chi connectivity index (χ4v) is 7.72. The summed E-state index contributed by atoms with van der Waals surface area (Å²) in [5, 5.41) is 26.8. The summed E-state index contributed by atoms with van der Waals surface area (Å²) in [6.07, 6.45) is -2.08. The fourth-order valence-electron chi connectivity index (χ4n) is 6.23. The van der Waals surface area contributed by atoms with Gasteiger partial charge in [0.15, 0.2) is 17.4 Å². The summed E-state index contributed by atoms with van der Waals surface area (Å²) in [5.41, 5.74) is 5.08. The molecule has 0 saturated carbocycles. The number of aromatic nitrogens is 4. The minimum atomic E-state index is -4.46. The van der Waals surface area contributed by atoms with E-state index in [4.69, 9.17) is 38.5 Å². The van der Waals surface area contributed by atoms with Crippen LogP contribution in [0.3, 0.4) is 0 Å². The van der Waals surface area contributed by atoms with Crippen LogP contribution in [0.15, 0.2) is 42.7 Å². The van der Waals surface area contributed by atoms with Gasteiger partial charge in [0, 0.05) is 12.8 Å². The third kappa shape index (κ3) is 8.08. The number of hydrogen-bond acceptors (Lipinski definition) is 16. The van der Waals surface area contributed by atoms with Gasteiger partial charge in [-0.05, 0) is 49.2 Å². The molecule has 2 saturated heterocycles. The van der Waals surface area contributed by atoms with Crippen LogP contribution < -0.4 is 20.1 Å². The quantitative estimate of drug-likeness (QED) is 0.113.